The van der Waals surface area contributed by atoms with Gasteiger partial charge >= 0.3 is 0 Å². The second-order valence-corrected chi connectivity index (χ2v) is 8.14. The quantitative estimate of drug-likeness (QED) is 0.336. The number of aromatic nitrogens is 1. The van der Waals surface area contributed by atoms with Crippen LogP contribution < -0.4 is 5.32 Å². The molecule has 0 spiro atoms. The van der Waals surface area contributed by atoms with E-state index in [0.717, 1.165) is 31.9 Å². The van der Waals surface area contributed by atoms with Crippen LogP contribution in [0.5, 0.6) is 5.75 Å². The van der Waals surface area contributed by atoms with Gasteiger partial charge in [-0.05, 0) is 42.0 Å². The molecule has 1 aromatic heterocycles. The number of benzene rings is 3. The van der Waals surface area contributed by atoms with Gasteiger partial charge in [0.05, 0.1) is 15.6 Å². The van der Waals surface area contributed by atoms with Crippen LogP contribution in [0.15, 0.2) is 82.7 Å². The van der Waals surface area contributed by atoms with Crippen LogP contribution in [0.3, 0.4) is 0 Å². The van der Waals surface area contributed by atoms with Crippen LogP contribution in [0, 0.1) is 0 Å². The average Bonchev–Trinajstić information content (AvgIpc) is 2.71. The third kappa shape index (κ3) is 4.20. The first kappa shape index (κ1) is 18.9. The van der Waals surface area contributed by atoms with E-state index in [1.165, 1.54) is 0 Å². The molecule has 0 fully saturated rings. The summed E-state index contributed by atoms with van der Waals surface area (Å²) in [4.78, 5) is 6.72. The minimum Gasteiger partial charge on any atom is -0.505 e. The monoisotopic (exact) mass is 426 g/mol. The number of halogens is 2. The van der Waals surface area contributed by atoms with Gasteiger partial charge in [0, 0.05) is 33.6 Å². The maximum atomic E-state index is 9.70. The lowest BCUT2D eigenvalue weighted by Gasteiger charge is -2.12. The number of nitrogens with one attached hydrogen (secondary N) is 1. The number of fused-ring (bicyclic) bond motifs is 1. The van der Waals surface area contributed by atoms with Gasteiger partial charge in [-0.25, -0.2) is 0 Å². The molecule has 3 nitrogen and oxygen atoms in total. The predicted octanol–water partition coefficient (Wildman–Crippen LogP) is 7.01. The Morgan fingerprint density at radius 3 is 2.54 bits per heavy atom. The summed E-state index contributed by atoms with van der Waals surface area (Å²) in [6, 6.07) is 21.8. The summed E-state index contributed by atoms with van der Waals surface area (Å²) in [7, 11) is 0. The fourth-order valence-electron chi connectivity index (χ4n) is 2.85. The molecule has 0 amide bonds. The highest BCUT2D eigenvalue weighted by molar-refractivity contribution is 7.99. The predicted molar refractivity (Wildman–Crippen MR) is 118 cm³/mol. The summed E-state index contributed by atoms with van der Waals surface area (Å²) in [6.07, 6.45) is 1.81. The molecule has 2 N–H and O–H groups in total. The van der Waals surface area contributed by atoms with Crippen molar-refractivity contribution in [3.05, 3.63) is 88.5 Å². The zero-order chi connectivity index (χ0) is 19.5. The molecule has 0 aliphatic heterocycles. The summed E-state index contributed by atoms with van der Waals surface area (Å²) >= 11 is 13.7. The summed E-state index contributed by atoms with van der Waals surface area (Å²) < 4.78 is 0. The number of phenolic OH excluding ortho intramolecular Hbond substituents is 1. The molecule has 0 saturated heterocycles. The van der Waals surface area contributed by atoms with Crippen molar-refractivity contribution in [3.63, 3.8) is 0 Å². The minimum atomic E-state index is -0.102. The van der Waals surface area contributed by atoms with Crippen LogP contribution >= 0.6 is 35.0 Å². The molecule has 1 heterocycles. The van der Waals surface area contributed by atoms with E-state index in [2.05, 4.69) is 46.7 Å². The highest BCUT2D eigenvalue weighted by atomic mass is 35.5. The van der Waals surface area contributed by atoms with Crippen molar-refractivity contribution < 1.29 is 5.11 Å². The Morgan fingerprint density at radius 2 is 1.71 bits per heavy atom. The van der Waals surface area contributed by atoms with Gasteiger partial charge in [0.25, 0.3) is 0 Å². The Kier molecular flexibility index (Phi) is 5.62. The minimum absolute atomic E-state index is 0.102. The second-order valence-electron chi connectivity index (χ2n) is 6.21. The molecular weight excluding hydrogens is 411 g/mol. The molecule has 4 aromatic rings. The smallest absolute Gasteiger partial charge is 0.152 e. The van der Waals surface area contributed by atoms with Crippen LogP contribution in [0.4, 0.5) is 5.69 Å². The van der Waals surface area contributed by atoms with E-state index >= 15 is 0 Å². The summed E-state index contributed by atoms with van der Waals surface area (Å²) in [5, 5.41) is 14.6. The topological polar surface area (TPSA) is 45.1 Å². The SMILES string of the molecule is Oc1c(Cl)cc(NCc2ccccc2Sc2ccc3cccnc3c2)cc1Cl. The van der Waals surface area contributed by atoms with Gasteiger partial charge in [0.2, 0.25) is 0 Å². The van der Waals surface area contributed by atoms with Gasteiger partial charge < -0.3 is 10.4 Å². The van der Waals surface area contributed by atoms with Crippen molar-refractivity contribution in [1.82, 2.24) is 4.98 Å². The van der Waals surface area contributed by atoms with E-state index in [-0.39, 0.29) is 15.8 Å². The lowest BCUT2D eigenvalue weighted by atomic mass is 10.2. The first-order valence-corrected chi connectivity index (χ1v) is 10.2. The summed E-state index contributed by atoms with van der Waals surface area (Å²) in [6.45, 7) is 0.604. The van der Waals surface area contributed by atoms with Gasteiger partial charge in [-0.1, -0.05) is 65.3 Å². The van der Waals surface area contributed by atoms with Crippen molar-refractivity contribution in [1.29, 1.82) is 0 Å². The van der Waals surface area contributed by atoms with Crippen LogP contribution in [0.2, 0.25) is 10.0 Å². The van der Waals surface area contributed by atoms with Crippen molar-refractivity contribution in [2.75, 3.05) is 5.32 Å². The highest BCUT2D eigenvalue weighted by Crippen LogP contribution is 2.36. The lowest BCUT2D eigenvalue weighted by molar-refractivity contribution is 0.476. The van der Waals surface area contributed by atoms with E-state index in [1.807, 2.05) is 24.4 Å². The van der Waals surface area contributed by atoms with E-state index in [9.17, 15) is 5.11 Å². The van der Waals surface area contributed by atoms with Crippen LogP contribution in [-0.4, -0.2) is 10.1 Å². The van der Waals surface area contributed by atoms with E-state index in [4.69, 9.17) is 23.2 Å². The summed E-state index contributed by atoms with van der Waals surface area (Å²) in [5.74, 6) is -0.102. The standard InChI is InChI=1S/C22H16Cl2N2OS/c23-18-10-16(11-19(24)22(18)27)26-13-15-4-1-2-6-21(15)28-17-8-7-14-5-3-9-25-20(14)12-17/h1-12,26-27H,13H2. The Bertz CT molecular complexity index is 1130. The molecule has 0 aliphatic rings. The Labute approximate surface area is 177 Å². The number of anilines is 1. The van der Waals surface area contributed by atoms with Crippen LogP contribution in [0.1, 0.15) is 5.56 Å². The number of nitrogens with zero attached hydrogens (tertiary/aromatic N) is 1. The van der Waals surface area contributed by atoms with E-state index < -0.39 is 0 Å². The molecule has 0 atom stereocenters. The third-order valence-corrected chi connectivity index (χ3v) is 5.96. The molecule has 4 rings (SSSR count). The fourth-order valence-corrected chi connectivity index (χ4v) is 4.32. The maximum absolute atomic E-state index is 9.70. The molecule has 0 bridgehead atoms. The van der Waals surface area contributed by atoms with Gasteiger partial charge in [-0.15, -0.1) is 0 Å². The molecular formula is C22H16Cl2N2OS. The maximum Gasteiger partial charge on any atom is 0.152 e. The Hall–Kier alpha value is -2.40. The number of hydrogen-bond acceptors (Lipinski definition) is 4. The molecule has 0 radical (unpaired) electrons. The van der Waals surface area contributed by atoms with Crippen molar-refractivity contribution in [2.24, 2.45) is 0 Å². The normalized spacial score (nSPS) is 10.9. The largest absolute Gasteiger partial charge is 0.505 e. The zero-order valence-corrected chi connectivity index (χ0v) is 17.0. The molecule has 0 unspecified atom stereocenters. The van der Waals surface area contributed by atoms with Crippen molar-refractivity contribution in [2.45, 2.75) is 16.3 Å². The number of phenols is 1. The molecule has 3 aromatic carbocycles. The zero-order valence-electron chi connectivity index (χ0n) is 14.7. The number of pyridine rings is 1. The summed E-state index contributed by atoms with van der Waals surface area (Å²) in [5.41, 5.74) is 2.88. The number of hydrogen-bond donors (Lipinski definition) is 2. The molecule has 0 aliphatic carbocycles. The molecule has 140 valence electrons. The Morgan fingerprint density at radius 1 is 0.929 bits per heavy atom. The second kappa shape index (κ2) is 8.31. The highest BCUT2D eigenvalue weighted by Gasteiger charge is 2.09. The van der Waals surface area contributed by atoms with Gasteiger partial charge in [0.15, 0.2) is 5.75 Å². The molecule has 6 heteroatoms. The lowest BCUT2D eigenvalue weighted by Crippen LogP contribution is -2.01. The Balaban J connectivity index is 1.55. The average molecular weight is 427 g/mol. The fraction of sp³-hybridized carbons (Fsp3) is 0.0455. The number of rotatable bonds is 5. The number of aromatic hydroxyl groups is 1. The van der Waals surface area contributed by atoms with E-state index in [1.54, 1.807) is 23.9 Å². The van der Waals surface area contributed by atoms with Crippen molar-refractivity contribution >= 4 is 51.6 Å². The van der Waals surface area contributed by atoms with Crippen molar-refractivity contribution in [3.8, 4) is 5.75 Å². The van der Waals surface area contributed by atoms with E-state index in [0.29, 0.717) is 6.54 Å². The third-order valence-electron chi connectivity index (χ3n) is 4.28. The first-order valence-electron chi connectivity index (χ1n) is 8.62. The van der Waals surface area contributed by atoms with Crippen LogP contribution in [-0.2, 0) is 6.54 Å². The first-order chi connectivity index (χ1) is 13.6. The van der Waals surface area contributed by atoms with Crippen LogP contribution in [0.25, 0.3) is 10.9 Å². The van der Waals surface area contributed by atoms with Gasteiger partial charge in [-0.3, -0.25) is 4.98 Å². The van der Waals surface area contributed by atoms with Gasteiger partial charge in [0.1, 0.15) is 0 Å². The molecule has 28 heavy (non-hydrogen) atoms. The molecule has 0 saturated carbocycles. The van der Waals surface area contributed by atoms with Gasteiger partial charge in [-0.2, -0.15) is 0 Å².